The zero-order valence-electron chi connectivity index (χ0n) is 10.3. The minimum atomic E-state index is 0.698. The molecule has 0 spiro atoms. The van der Waals surface area contributed by atoms with E-state index in [2.05, 4.69) is 12.2 Å². The monoisotopic (exact) mass is 241 g/mol. The van der Waals surface area contributed by atoms with E-state index in [1.807, 2.05) is 26.0 Å². The molecule has 1 rings (SSSR count). The maximum absolute atomic E-state index is 5.96. The van der Waals surface area contributed by atoms with Gasteiger partial charge in [-0.2, -0.15) is 0 Å². The fourth-order valence-corrected chi connectivity index (χ4v) is 1.98. The smallest absolute Gasteiger partial charge is 0.125 e. The lowest BCUT2D eigenvalue weighted by molar-refractivity contribution is 0.310. The van der Waals surface area contributed by atoms with Gasteiger partial charge in [-0.05, 0) is 50.1 Å². The number of nitrogens with one attached hydrogen (secondary N) is 1. The van der Waals surface area contributed by atoms with Crippen LogP contribution in [0.15, 0.2) is 12.1 Å². The Labute approximate surface area is 103 Å². The average Bonchev–Trinajstić information content (AvgIpc) is 2.20. The summed E-state index contributed by atoms with van der Waals surface area (Å²) in [5.41, 5.74) is 2.20. The Morgan fingerprint density at radius 2 is 1.81 bits per heavy atom. The predicted molar refractivity (Wildman–Crippen MR) is 69.6 cm³/mol. The lowest BCUT2D eigenvalue weighted by Gasteiger charge is -2.12. The first-order chi connectivity index (χ1) is 7.65. The van der Waals surface area contributed by atoms with E-state index in [1.165, 1.54) is 0 Å². The van der Waals surface area contributed by atoms with Gasteiger partial charge in [-0.25, -0.2) is 0 Å². The van der Waals surface area contributed by atoms with E-state index in [4.69, 9.17) is 16.3 Å². The number of halogens is 1. The van der Waals surface area contributed by atoms with Gasteiger partial charge < -0.3 is 10.1 Å². The Bertz CT molecular complexity index is 316. The lowest BCUT2D eigenvalue weighted by Crippen LogP contribution is -2.21. The molecular weight excluding hydrogens is 222 g/mol. The molecule has 1 aromatic rings. The molecule has 2 nitrogen and oxygen atoms in total. The molecule has 0 atom stereocenters. The summed E-state index contributed by atoms with van der Waals surface area (Å²) >= 11 is 5.96. The fourth-order valence-electron chi connectivity index (χ4n) is 1.65. The van der Waals surface area contributed by atoms with Crippen LogP contribution in [0.5, 0.6) is 5.75 Å². The average molecular weight is 242 g/mol. The van der Waals surface area contributed by atoms with Crippen molar-refractivity contribution in [3.63, 3.8) is 0 Å². The third kappa shape index (κ3) is 4.03. The Morgan fingerprint density at radius 1 is 1.19 bits per heavy atom. The third-order valence-electron chi connectivity index (χ3n) is 2.38. The predicted octanol–water partition coefficient (Wildman–Crippen LogP) is 3.34. The van der Waals surface area contributed by atoms with E-state index in [9.17, 15) is 0 Å². The van der Waals surface area contributed by atoms with Crippen molar-refractivity contribution >= 4 is 11.6 Å². The summed E-state index contributed by atoms with van der Waals surface area (Å²) in [6.45, 7) is 8.82. The van der Waals surface area contributed by atoms with Crippen LogP contribution in [0.4, 0.5) is 0 Å². The Kier molecular flexibility index (Phi) is 5.64. The first-order valence-corrected chi connectivity index (χ1v) is 6.13. The van der Waals surface area contributed by atoms with Gasteiger partial charge in [0.2, 0.25) is 0 Å². The Balaban J connectivity index is 2.47. The maximum atomic E-state index is 5.96. The molecule has 0 aliphatic rings. The highest BCUT2D eigenvalue weighted by atomic mass is 35.5. The summed E-state index contributed by atoms with van der Waals surface area (Å²) in [6, 6.07) is 3.87. The molecule has 0 fully saturated rings. The van der Waals surface area contributed by atoms with E-state index in [1.54, 1.807) is 0 Å². The summed E-state index contributed by atoms with van der Waals surface area (Å²) in [6.07, 6.45) is 1.15. The second-order valence-electron chi connectivity index (χ2n) is 3.97. The summed E-state index contributed by atoms with van der Waals surface area (Å²) < 4.78 is 5.75. The molecule has 0 aromatic heterocycles. The van der Waals surface area contributed by atoms with Gasteiger partial charge in [-0.1, -0.05) is 18.5 Å². The molecular formula is C13H20ClNO. The van der Waals surface area contributed by atoms with E-state index in [0.717, 1.165) is 41.4 Å². The van der Waals surface area contributed by atoms with Gasteiger partial charge in [-0.3, -0.25) is 0 Å². The van der Waals surface area contributed by atoms with E-state index in [-0.39, 0.29) is 0 Å². The minimum absolute atomic E-state index is 0.698. The van der Waals surface area contributed by atoms with Crippen molar-refractivity contribution in [3.8, 4) is 5.75 Å². The van der Waals surface area contributed by atoms with E-state index < -0.39 is 0 Å². The maximum Gasteiger partial charge on any atom is 0.125 e. The molecule has 0 amide bonds. The van der Waals surface area contributed by atoms with Crippen molar-refractivity contribution in [3.05, 3.63) is 28.3 Å². The van der Waals surface area contributed by atoms with E-state index >= 15 is 0 Å². The van der Waals surface area contributed by atoms with Crippen LogP contribution >= 0.6 is 11.6 Å². The highest BCUT2D eigenvalue weighted by molar-refractivity contribution is 6.30. The first-order valence-electron chi connectivity index (χ1n) is 5.75. The standard InChI is InChI=1S/C13H20ClNO/c1-4-5-15-6-7-16-13-10(2)8-12(14)9-11(13)3/h8-9,15H,4-7H2,1-3H3. The van der Waals surface area contributed by atoms with Crippen LogP contribution in [0.3, 0.4) is 0 Å². The van der Waals surface area contributed by atoms with Gasteiger partial charge in [0.05, 0.1) is 0 Å². The van der Waals surface area contributed by atoms with Gasteiger partial charge >= 0.3 is 0 Å². The molecule has 3 heteroatoms. The minimum Gasteiger partial charge on any atom is -0.492 e. The SMILES string of the molecule is CCCNCCOc1c(C)cc(Cl)cc1C. The van der Waals surface area contributed by atoms with Crippen molar-refractivity contribution < 1.29 is 4.74 Å². The summed E-state index contributed by atoms with van der Waals surface area (Å²) in [5, 5.41) is 4.07. The number of rotatable bonds is 6. The van der Waals surface area contributed by atoms with Crippen molar-refractivity contribution in [1.29, 1.82) is 0 Å². The summed E-state index contributed by atoms with van der Waals surface area (Å²) in [7, 11) is 0. The highest BCUT2D eigenvalue weighted by Crippen LogP contribution is 2.26. The van der Waals surface area contributed by atoms with Crippen LogP contribution in [0.2, 0.25) is 5.02 Å². The van der Waals surface area contributed by atoms with Gasteiger partial charge in [-0.15, -0.1) is 0 Å². The molecule has 0 bridgehead atoms. The quantitative estimate of drug-likeness (QED) is 0.772. The molecule has 0 aliphatic heterocycles. The van der Waals surface area contributed by atoms with Gasteiger partial charge in [0.25, 0.3) is 0 Å². The number of ether oxygens (including phenoxy) is 1. The van der Waals surface area contributed by atoms with Crippen LogP contribution in [0.1, 0.15) is 24.5 Å². The number of aryl methyl sites for hydroxylation is 2. The van der Waals surface area contributed by atoms with Crippen molar-refractivity contribution in [2.45, 2.75) is 27.2 Å². The van der Waals surface area contributed by atoms with Crippen LogP contribution < -0.4 is 10.1 Å². The topological polar surface area (TPSA) is 21.3 Å². The number of benzene rings is 1. The molecule has 0 saturated carbocycles. The molecule has 0 saturated heterocycles. The Morgan fingerprint density at radius 3 is 2.38 bits per heavy atom. The van der Waals surface area contributed by atoms with Crippen molar-refractivity contribution in [2.24, 2.45) is 0 Å². The van der Waals surface area contributed by atoms with Crippen molar-refractivity contribution in [2.75, 3.05) is 19.7 Å². The van der Waals surface area contributed by atoms with Crippen LogP contribution in [-0.4, -0.2) is 19.7 Å². The summed E-state index contributed by atoms with van der Waals surface area (Å²) in [4.78, 5) is 0. The fraction of sp³-hybridized carbons (Fsp3) is 0.538. The molecule has 1 aromatic carbocycles. The van der Waals surface area contributed by atoms with Gasteiger partial charge in [0.15, 0.2) is 0 Å². The molecule has 0 aliphatic carbocycles. The second kappa shape index (κ2) is 6.77. The highest BCUT2D eigenvalue weighted by Gasteiger charge is 2.05. The molecule has 0 unspecified atom stereocenters. The van der Waals surface area contributed by atoms with Crippen LogP contribution in [0, 0.1) is 13.8 Å². The molecule has 0 heterocycles. The molecule has 1 N–H and O–H groups in total. The third-order valence-corrected chi connectivity index (χ3v) is 2.60. The zero-order valence-corrected chi connectivity index (χ0v) is 11.0. The normalized spacial score (nSPS) is 10.5. The molecule has 90 valence electrons. The van der Waals surface area contributed by atoms with Crippen LogP contribution in [0.25, 0.3) is 0 Å². The zero-order chi connectivity index (χ0) is 12.0. The second-order valence-corrected chi connectivity index (χ2v) is 4.40. The Hall–Kier alpha value is -0.730. The van der Waals surface area contributed by atoms with Gasteiger partial charge in [0, 0.05) is 11.6 Å². The van der Waals surface area contributed by atoms with Gasteiger partial charge in [0.1, 0.15) is 12.4 Å². The largest absolute Gasteiger partial charge is 0.492 e. The summed E-state index contributed by atoms with van der Waals surface area (Å²) in [5.74, 6) is 0.961. The van der Waals surface area contributed by atoms with E-state index in [0.29, 0.717) is 6.61 Å². The number of hydrogen-bond donors (Lipinski definition) is 1. The van der Waals surface area contributed by atoms with Crippen molar-refractivity contribution in [1.82, 2.24) is 5.32 Å². The molecule has 16 heavy (non-hydrogen) atoms. The lowest BCUT2D eigenvalue weighted by atomic mass is 10.1. The first kappa shape index (κ1) is 13.3. The van der Waals surface area contributed by atoms with Crippen LogP contribution in [-0.2, 0) is 0 Å². The number of hydrogen-bond acceptors (Lipinski definition) is 2. The molecule has 0 radical (unpaired) electrons.